The van der Waals surface area contributed by atoms with Gasteiger partial charge in [0.1, 0.15) is 18.1 Å². The molecule has 0 aliphatic carbocycles. The topological polar surface area (TPSA) is 71.1 Å². The molecule has 3 heterocycles. The molecule has 7 heteroatoms. The van der Waals surface area contributed by atoms with Crippen molar-refractivity contribution in [1.29, 1.82) is 0 Å². The standard InChI is InChI=1S/C27H29FN4O2/c1-4-13-32(14-5-2)23-11-9-19(15-30-23)17-34-22-10-8-18(3)24(25(22)28)26(33)21-16-31-27-20(21)7-6-12-29-27/h6-12,15-16H,4-5,13-14,17H2,1-3H3,(H,29,31). The van der Waals surface area contributed by atoms with Crippen LogP contribution in [0.4, 0.5) is 10.2 Å². The Labute approximate surface area is 198 Å². The summed E-state index contributed by atoms with van der Waals surface area (Å²) < 4.78 is 21.2. The minimum atomic E-state index is -0.662. The summed E-state index contributed by atoms with van der Waals surface area (Å²) in [5, 5.41) is 0.656. The molecule has 0 atom stereocenters. The van der Waals surface area contributed by atoms with Gasteiger partial charge in [-0.05, 0) is 49.6 Å². The van der Waals surface area contributed by atoms with Crippen molar-refractivity contribution in [2.24, 2.45) is 0 Å². The third kappa shape index (κ3) is 4.78. The molecule has 0 spiro atoms. The number of ether oxygens (including phenoxy) is 1. The number of fused-ring (bicyclic) bond motifs is 1. The Bertz CT molecular complexity index is 1280. The Balaban J connectivity index is 1.53. The van der Waals surface area contributed by atoms with Gasteiger partial charge in [-0.25, -0.2) is 14.4 Å². The number of halogens is 1. The number of hydrogen-bond acceptors (Lipinski definition) is 5. The largest absolute Gasteiger partial charge is 0.486 e. The van der Waals surface area contributed by atoms with Gasteiger partial charge in [0.15, 0.2) is 17.3 Å². The molecule has 0 aliphatic rings. The molecule has 6 nitrogen and oxygen atoms in total. The van der Waals surface area contributed by atoms with Crippen LogP contribution in [-0.2, 0) is 6.61 Å². The second-order valence-corrected chi connectivity index (χ2v) is 8.30. The first-order chi connectivity index (χ1) is 16.5. The number of aryl methyl sites for hydroxylation is 1. The van der Waals surface area contributed by atoms with Crippen molar-refractivity contribution < 1.29 is 13.9 Å². The second kappa shape index (κ2) is 10.5. The second-order valence-electron chi connectivity index (χ2n) is 8.30. The number of nitrogens with zero attached hydrogens (tertiary/aromatic N) is 3. The van der Waals surface area contributed by atoms with E-state index in [0.29, 0.717) is 22.2 Å². The zero-order valence-corrected chi connectivity index (χ0v) is 19.8. The number of hydrogen-bond donors (Lipinski definition) is 1. The normalized spacial score (nSPS) is 11.1. The fourth-order valence-electron chi connectivity index (χ4n) is 4.05. The lowest BCUT2D eigenvalue weighted by atomic mass is 9.98. The van der Waals surface area contributed by atoms with E-state index in [1.165, 1.54) is 0 Å². The highest BCUT2D eigenvalue weighted by molar-refractivity contribution is 6.16. The predicted molar refractivity (Wildman–Crippen MR) is 132 cm³/mol. The molecule has 3 aromatic heterocycles. The number of nitrogens with one attached hydrogen (secondary N) is 1. The van der Waals surface area contributed by atoms with Crippen molar-refractivity contribution in [3.05, 3.63) is 83.1 Å². The molecule has 0 saturated carbocycles. The first-order valence-corrected chi connectivity index (χ1v) is 11.6. The van der Waals surface area contributed by atoms with E-state index in [9.17, 15) is 4.79 Å². The fourth-order valence-corrected chi connectivity index (χ4v) is 4.05. The van der Waals surface area contributed by atoms with E-state index in [2.05, 4.69) is 33.7 Å². The van der Waals surface area contributed by atoms with E-state index in [1.54, 1.807) is 49.8 Å². The summed E-state index contributed by atoms with van der Waals surface area (Å²) in [5.41, 5.74) is 2.35. The lowest BCUT2D eigenvalue weighted by Crippen LogP contribution is -2.25. The first kappa shape index (κ1) is 23.4. The van der Waals surface area contributed by atoms with Gasteiger partial charge in [0.05, 0.1) is 5.56 Å². The number of benzene rings is 1. The number of anilines is 1. The third-order valence-electron chi connectivity index (χ3n) is 5.75. The Morgan fingerprint density at radius 3 is 2.59 bits per heavy atom. The minimum absolute atomic E-state index is 0.00509. The number of H-pyrrole nitrogens is 1. The molecule has 0 radical (unpaired) electrons. The SMILES string of the molecule is CCCN(CCC)c1ccc(COc2ccc(C)c(C(=O)c3c[nH]c4ncccc34)c2F)cn1. The highest BCUT2D eigenvalue weighted by Crippen LogP contribution is 2.29. The van der Waals surface area contributed by atoms with Crippen molar-refractivity contribution >= 4 is 22.6 Å². The summed E-state index contributed by atoms with van der Waals surface area (Å²) in [6, 6.07) is 10.7. The molecule has 0 amide bonds. The van der Waals surface area contributed by atoms with Crippen LogP contribution in [0.5, 0.6) is 5.75 Å². The molecule has 0 aliphatic heterocycles. The zero-order valence-electron chi connectivity index (χ0n) is 19.8. The van der Waals surface area contributed by atoms with E-state index in [4.69, 9.17) is 4.74 Å². The average molecular weight is 461 g/mol. The summed E-state index contributed by atoms with van der Waals surface area (Å²) in [6.45, 7) is 8.07. The number of aromatic amines is 1. The van der Waals surface area contributed by atoms with Gasteiger partial charge in [-0.2, -0.15) is 0 Å². The maximum absolute atomic E-state index is 15.4. The summed E-state index contributed by atoms with van der Waals surface area (Å²) in [6.07, 6.45) is 7.06. The van der Waals surface area contributed by atoms with Crippen LogP contribution in [0.3, 0.4) is 0 Å². The third-order valence-corrected chi connectivity index (χ3v) is 5.75. The first-order valence-electron chi connectivity index (χ1n) is 11.6. The lowest BCUT2D eigenvalue weighted by Gasteiger charge is -2.22. The Morgan fingerprint density at radius 1 is 1.09 bits per heavy atom. The van der Waals surface area contributed by atoms with Crippen LogP contribution in [0, 0.1) is 12.7 Å². The molecule has 34 heavy (non-hydrogen) atoms. The number of ketones is 1. The molecule has 0 saturated heterocycles. The molecular weight excluding hydrogens is 431 g/mol. The van der Waals surface area contributed by atoms with Crippen molar-refractivity contribution in [2.45, 2.75) is 40.2 Å². The van der Waals surface area contributed by atoms with Gasteiger partial charge >= 0.3 is 0 Å². The zero-order chi connectivity index (χ0) is 24.1. The molecule has 1 aromatic carbocycles. The Kier molecular flexibility index (Phi) is 7.21. The fraction of sp³-hybridized carbons (Fsp3) is 0.296. The predicted octanol–water partition coefficient (Wildman–Crippen LogP) is 5.84. The summed E-state index contributed by atoms with van der Waals surface area (Å²) in [5.74, 6) is -0.104. The van der Waals surface area contributed by atoms with Gasteiger partial charge in [0, 0.05) is 48.2 Å². The number of carbonyl (C=O) groups excluding carboxylic acids is 1. The quantitative estimate of drug-likeness (QED) is 0.301. The minimum Gasteiger partial charge on any atom is -0.486 e. The molecular formula is C27H29FN4O2. The van der Waals surface area contributed by atoms with E-state index >= 15 is 4.39 Å². The highest BCUT2D eigenvalue weighted by atomic mass is 19.1. The summed E-state index contributed by atoms with van der Waals surface area (Å²) in [4.78, 5) is 27.2. The molecule has 4 aromatic rings. The number of aromatic nitrogens is 3. The van der Waals surface area contributed by atoms with Crippen LogP contribution in [0.25, 0.3) is 11.0 Å². The maximum Gasteiger partial charge on any atom is 0.198 e. The smallest absolute Gasteiger partial charge is 0.198 e. The molecule has 4 rings (SSSR count). The molecule has 176 valence electrons. The summed E-state index contributed by atoms with van der Waals surface area (Å²) in [7, 11) is 0. The number of carbonyl (C=O) groups is 1. The van der Waals surface area contributed by atoms with Crippen LogP contribution in [0.2, 0.25) is 0 Å². The van der Waals surface area contributed by atoms with Gasteiger partial charge in [0.25, 0.3) is 0 Å². The Morgan fingerprint density at radius 2 is 1.88 bits per heavy atom. The maximum atomic E-state index is 15.4. The van der Waals surface area contributed by atoms with Gasteiger partial charge in [-0.15, -0.1) is 0 Å². The van der Waals surface area contributed by atoms with Crippen LogP contribution in [0.15, 0.2) is 55.0 Å². The molecule has 0 bridgehead atoms. The highest BCUT2D eigenvalue weighted by Gasteiger charge is 2.23. The molecule has 0 fully saturated rings. The van der Waals surface area contributed by atoms with Crippen molar-refractivity contribution in [3.63, 3.8) is 0 Å². The van der Waals surface area contributed by atoms with Crippen LogP contribution < -0.4 is 9.64 Å². The van der Waals surface area contributed by atoms with Crippen molar-refractivity contribution in [1.82, 2.24) is 15.0 Å². The van der Waals surface area contributed by atoms with Gasteiger partial charge in [-0.3, -0.25) is 4.79 Å². The lowest BCUT2D eigenvalue weighted by molar-refractivity contribution is 0.103. The summed E-state index contributed by atoms with van der Waals surface area (Å²) >= 11 is 0. The average Bonchev–Trinajstić information content (AvgIpc) is 3.28. The van der Waals surface area contributed by atoms with Gasteiger partial charge < -0.3 is 14.6 Å². The van der Waals surface area contributed by atoms with E-state index in [1.807, 2.05) is 12.1 Å². The van der Waals surface area contributed by atoms with E-state index in [-0.39, 0.29) is 17.9 Å². The van der Waals surface area contributed by atoms with Crippen LogP contribution >= 0.6 is 0 Å². The van der Waals surface area contributed by atoms with E-state index in [0.717, 1.165) is 37.3 Å². The van der Waals surface area contributed by atoms with Gasteiger partial charge in [0.2, 0.25) is 0 Å². The van der Waals surface area contributed by atoms with Crippen LogP contribution in [0.1, 0.15) is 53.7 Å². The Hall–Kier alpha value is -3.74. The molecule has 0 unspecified atom stereocenters. The van der Waals surface area contributed by atoms with E-state index < -0.39 is 11.6 Å². The monoisotopic (exact) mass is 460 g/mol. The van der Waals surface area contributed by atoms with Crippen LogP contribution in [-0.4, -0.2) is 33.8 Å². The molecule has 1 N–H and O–H groups in total. The van der Waals surface area contributed by atoms with Crippen molar-refractivity contribution in [3.8, 4) is 5.75 Å². The number of pyridine rings is 2. The van der Waals surface area contributed by atoms with Crippen molar-refractivity contribution in [2.75, 3.05) is 18.0 Å². The number of rotatable bonds is 10. The van der Waals surface area contributed by atoms with Gasteiger partial charge in [-0.1, -0.05) is 26.0 Å².